The van der Waals surface area contributed by atoms with Crippen LogP contribution in [0.3, 0.4) is 0 Å². The Kier molecular flexibility index (Phi) is 3.84. The van der Waals surface area contributed by atoms with Crippen LogP contribution in [0.4, 0.5) is 0 Å². The van der Waals surface area contributed by atoms with Crippen molar-refractivity contribution in [3.05, 3.63) is 29.5 Å². The standard InChI is InChI=1S/C14H17N3O2S/c1-10-8-15-4-5-17(10)13(18)7-11-9-19-14(16-11)12-3-2-6-20-12/h2-3,6,9-10,15H,4-5,7-8H2,1H3. The van der Waals surface area contributed by atoms with E-state index in [1.807, 2.05) is 22.4 Å². The minimum atomic E-state index is 0.116. The predicted molar refractivity (Wildman–Crippen MR) is 77.6 cm³/mol. The topological polar surface area (TPSA) is 58.4 Å². The average Bonchev–Trinajstić information content (AvgIpc) is 3.09. The highest BCUT2D eigenvalue weighted by Gasteiger charge is 2.23. The molecule has 1 fully saturated rings. The monoisotopic (exact) mass is 291 g/mol. The Morgan fingerprint density at radius 1 is 1.65 bits per heavy atom. The Morgan fingerprint density at radius 2 is 2.55 bits per heavy atom. The van der Waals surface area contributed by atoms with Gasteiger partial charge in [0.25, 0.3) is 0 Å². The third kappa shape index (κ3) is 2.76. The van der Waals surface area contributed by atoms with Crippen LogP contribution in [0.2, 0.25) is 0 Å². The van der Waals surface area contributed by atoms with Crippen LogP contribution < -0.4 is 5.32 Å². The van der Waals surface area contributed by atoms with Gasteiger partial charge in [0.2, 0.25) is 11.8 Å². The molecule has 2 aromatic heterocycles. The van der Waals surface area contributed by atoms with Gasteiger partial charge in [-0.3, -0.25) is 4.79 Å². The molecule has 1 unspecified atom stereocenters. The van der Waals surface area contributed by atoms with E-state index >= 15 is 0 Å². The molecule has 0 spiro atoms. The van der Waals surface area contributed by atoms with E-state index in [0.29, 0.717) is 18.0 Å². The third-order valence-electron chi connectivity index (χ3n) is 3.44. The largest absolute Gasteiger partial charge is 0.444 e. The number of hydrogen-bond donors (Lipinski definition) is 1. The van der Waals surface area contributed by atoms with E-state index < -0.39 is 0 Å². The minimum absolute atomic E-state index is 0.116. The molecule has 1 aliphatic heterocycles. The summed E-state index contributed by atoms with van der Waals surface area (Å²) in [5.41, 5.74) is 0.698. The lowest BCUT2D eigenvalue weighted by atomic mass is 10.2. The van der Waals surface area contributed by atoms with Gasteiger partial charge < -0.3 is 14.6 Å². The summed E-state index contributed by atoms with van der Waals surface area (Å²) in [6.07, 6.45) is 1.89. The molecule has 1 N–H and O–H groups in total. The van der Waals surface area contributed by atoms with Crippen LogP contribution in [0.25, 0.3) is 10.8 Å². The second-order valence-electron chi connectivity index (χ2n) is 4.94. The van der Waals surface area contributed by atoms with Crippen LogP contribution in [0.5, 0.6) is 0 Å². The summed E-state index contributed by atoms with van der Waals surface area (Å²) >= 11 is 1.58. The van der Waals surface area contributed by atoms with Gasteiger partial charge in [-0.1, -0.05) is 6.07 Å². The van der Waals surface area contributed by atoms with Gasteiger partial charge in [-0.05, 0) is 18.4 Å². The van der Waals surface area contributed by atoms with E-state index in [9.17, 15) is 4.79 Å². The Labute approximate surface area is 121 Å². The minimum Gasteiger partial charge on any atom is -0.444 e. The maximum Gasteiger partial charge on any atom is 0.236 e. The summed E-state index contributed by atoms with van der Waals surface area (Å²) < 4.78 is 5.44. The van der Waals surface area contributed by atoms with E-state index in [1.54, 1.807) is 17.6 Å². The average molecular weight is 291 g/mol. The van der Waals surface area contributed by atoms with E-state index in [2.05, 4.69) is 17.2 Å². The molecule has 0 saturated carbocycles. The normalized spacial score (nSPS) is 19.2. The molecule has 5 nitrogen and oxygen atoms in total. The molecule has 1 aliphatic rings. The second kappa shape index (κ2) is 5.76. The maximum absolute atomic E-state index is 12.3. The Morgan fingerprint density at radius 3 is 3.30 bits per heavy atom. The molecule has 0 aliphatic carbocycles. The van der Waals surface area contributed by atoms with Crippen LogP contribution in [-0.2, 0) is 11.2 Å². The number of rotatable bonds is 3. The summed E-state index contributed by atoms with van der Waals surface area (Å²) in [7, 11) is 0. The van der Waals surface area contributed by atoms with Gasteiger partial charge in [-0.15, -0.1) is 11.3 Å². The fraction of sp³-hybridized carbons (Fsp3) is 0.429. The molecular formula is C14H17N3O2S. The van der Waals surface area contributed by atoms with Gasteiger partial charge in [0.1, 0.15) is 6.26 Å². The molecule has 3 heterocycles. The highest BCUT2D eigenvalue weighted by molar-refractivity contribution is 7.13. The summed E-state index contributed by atoms with van der Waals surface area (Å²) in [6.45, 7) is 4.53. The van der Waals surface area contributed by atoms with Gasteiger partial charge in [-0.25, -0.2) is 4.98 Å². The first kappa shape index (κ1) is 13.3. The van der Waals surface area contributed by atoms with Crippen molar-refractivity contribution in [3.63, 3.8) is 0 Å². The quantitative estimate of drug-likeness (QED) is 0.936. The Balaban J connectivity index is 1.67. The zero-order valence-corrected chi connectivity index (χ0v) is 12.2. The summed E-state index contributed by atoms with van der Waals surface area (Å²) in [5, 5.41) is 5.26. The lowest BCUT2D eigenvalue weighted by molar-refractivity contribution is -0.133. The van der Waals surface area contributed by atoms with Gasteiger partial charge >= 0.3 is 0 Å². The van der Waals surface area contributed by atoms with Crippen LogP contribution >= 0.6 is 11.3 Å². The summed E-state index contributed by atoms with van der Waals surface area (Å²) in [6, 6.07) is 4.15. The lowest BCUT2D eigenvalue weighted by Gasteiger charge is -2.33. The fourth-order valence-corrected chi connectivity index (χ4v) is 3.03. The van der Waals surface area contributed by atoms with Crippen molar-refractivity contribution in [1.82, 2.24) is 15.2 Å². The predicted octanol–water partition coefficient (Wildman–Crippen LogP) is 1.77. The first-order valence-corrected chi connectivity index (χ1v) is 7.60. The molecule has 0 radical (unpaired) electrons. The van der Waals surface area contributed by atoms with Crippen molar-refractivity contribution < 1.29 is 9.21 Å². The van der Waals surface area contributed by atoms with Gasteiger partial charge in [0.15, 0.2) is 0 Å². The third-order valence-corrected chi connectivity index (χ3v) is 4.30. The summed E-state index contributed by atoms with van der Waals surface area (Å²) in [5.74, 6) is 0.709. The van der Waals surface area contributed by atoms with Crippen molar-refractivity contribution in [2.45, 2.75) is 19.4 Å². The Hall–Kier alpha value is -1.66. The number of oxazole rings is 1. The molecule has 1 saturated heterocycles. The first-order chi connectivity index (χ1) is 9.74. The molecule has 1 atom stereocenters. The van der Waals surface area contributed by atoms with Crippen molar-refractivity contribution >= 4 is 17.2 Å². The number of nitrogens with zero attached hydrogens (tertiary/aromatic N) is 2. The van der Waals surface area contributed by atoms with Gasteiger partial charge in [0, 0.05) is 25.7 Å². The van der Waals surface area contributed by atoms with Gasteiger partial charge in [0.05, 0.1) is 17.0 Å². The number of amides is 1. The fourth-order valence-electron chi connectivity index (χ4n) is 2.37. The van der Waals surface area contributed by atoms with E-state index in [-0.39, 0.29) is 11.9 Å². The van der Waals surface area contributed by atoms with Crippen molar-refractivity contribution in [2.75, 3.05) is 19.6 Å². The zero-order valence-electron chi connectivity index (χ0n) is 11.3. The number of hydrogen-bond acceptors (Lipinski definition) is 5. The highest BCUT2D eigenvalue weighted by Crippen LogP contribution is 2.23. The number of nitrogens with one attached hydrogen (secondary N) is 1. The van der Waals surface area contributed by atoms with Crippen LogP contribution in [0.1, 0.15) is 12.6 Å². The summed E-state index contributed by atoms with van der Waals surface area (Å²) in [4.78, 5) is 19.6. The SMILES string of the molecule is CC1CNCCN1C(=O)Cc1coc(-c2cccs2)n1. The van der Waals surface area contributed by atoms with E-state index in [4.69, 9.17) is 4.42 Å². The molecule has 1 amide bonds. The second-order valence-corrected chi connectivity index (χ2v) is 5.89. The highest BCUT2D eigenvalue weighted by atomic mass is 32.1. The molecule has 0 bridgehead atoms. The van der Waals surface area contributed by atoms with Gasteiger partial charge in [-0.2, -0.15) is 0 Å². The van der Waals surface area contributed by atoms with Crippen LogP contribution in [0.15, 0.2) is 28.2 Å². The smallest absolute Gasteiger partial charge is 0.236 e. The number of aromatic nitrogens is 1. The van der Waals surface area contributed by atoms with Crippen LogP contribution in [0, 0.1) is 0 Å². The molecule has 3 rings (SSSR count). The molecule has 20 heavy (non-hydrogen) atoms. The number of thiophene rings is 1. The van der Waals surface area contributed by atoms with Crippen molar-refractivity contribution in [2.24, 2.45) is 0 Å². The number of carbonyl (C=O) groups excluding carboxylic acids is 1. The molecular weight excluding hydrogens is 274 g/mol. The van der Waals surface area contributed by atoms with Crippen molar-refractivity contribution in [1.29, 1.82) is 0 Å². The zero-order chi connectivity index (χ0) is 13.9. The molecule has 106 valence electrons. The first-order valence-electron chi connectivity index (χ1n) is 6.72. The number of carbonyl (C=O) groups is 1. The molecule has 6 heteroatoms. The van der Waals surface area contributed by atoms with E-state index in [1.165, 1.54) is 0 Å². The maximum atomic E-state index is 12.3. The molecule has 2 aromatic rings. The van der Waals surface area contributed by atoms with E-state index in [0.717, 1.165) is 24.5 Å². The van der Waals surface area contributed by atoms with Crippen LogP contribution in [-0.4, -0.2) is 41.5 Å². The van der Waals surface area contributed by atoms with Crippen molar-refractivity contribution in [3.8, 4) is 10.8 Å². The lowest BCUT2D eigenvalue weighted by Crippen LogP contribution is -2.52. The Bertz CT molecular complexity index is 579. The number of piperazine rings is 1. The molecule has 0 aromatic carbocycles.